The van der Waals surface area contributed by atoms with Crippen molar-refractivity contribution in [3.05, 3.63) is 132 Å². The Morgan fingerprint density at radius 3 is 2.32 bits per heavy atom. The van der Waals surface area contributed by atoms with E-state index >= 15 is 0 Å². The minimum absolute atomic E-state index is 0.0380. The van der Waals surface area contributed by atoms with Crippen molar-refractivity contribution in [3.63, 3.8) is 0 Å². The SMILES string of the molecule is O=C(/C=C/c1cccc(Cl)c1)c1cc(Br)ccc1O.O=C1CC(c2cccc(Cl)c2)Oc2ccc(Br)cc21. The molecule has 8 heteroatoms. The molecule has 4 aromatic rings. The van der Waals surface area contributed by atoms with Crippen molar-refractivity contribution in [1.29, 1.82) is 0 Å². The van der Waals surface area contributed by atoms with Crippen molar-refractivity contribution < 1.29 is 19.4 Å². The minimum atomic E-state index is -0.265. The number of fused-ring (bicyclic) bond motifs is 1. The maximum Gasteiger partial charge on any atom is 0.189 e. The summed E-state index contributed by atoms with van der Waals surface area (Å²) >= 11 is 18.5. The zero-order valence-corrected chi connectivity index (χ0v) is 24.4. The number of phenolic OH excluding ortho intramolecular Hbond substituents is 1. The summed E-state index contributed by atoms with van der Waals surface area (Å²) < 4.78 is 7.52. The van der Waals surface area contributed by atoms with Crippen molar-refractivity contribution in [2.75, 3.05) is 0 Å². The molecule has 1 unspecified atom stereocenters. The molecule has 0 saturated carbocycles. The first-order chi connectivity index (χ1) is 18.2. The van der Waals surface area contributed by atoms with E-state index in [9.17, 15) is 14.7 Å². The summed E-state index contributed by atoms with van der Waals surface area (Å²) in [7, 11) is 0. The molecule has 0 spiro atoms. The second kappa shape index (κ2) is 12.8. The maximum absolute atomic E-state index is 12.2. The van der Waals surface area contributed by atoms with Gasteiger partial charge in [0.15, 0.2) is 11.6 Å². The second-order valence-corrected chi connectivity index (χ2v) is 11.0. The minimum Gasteiger partial charge on any atom is -0.507 e. The van der Waals surface area contributed by atoms with Crippen LogP contribution in [0.5, 0.6) is 11.5 Å². The molecule has 0 saturated heterocycles. The van der Waals surface area contributed by atoms with Gasteiger partial charge in [0.2, 0.25) is 0 Å². The van der Waals surface area contributed by atoms with E-state index < -0.39 is 0 Å². The van der Waals surface area contributed by atoms with E-state index in [4.69, 9.17) is 27.9 Å². The van der Waals surface area contributed by atoms with Crippen LogP contribution < -0.4 is 4.74 Å². The number of ketones is 2. The average molecular weight is 675 g/mol. The van der Waals surface area contributed by atoms with Crippen LogP contribution in [0, 0.1) is 0 Å². The summed E-state index contributed by atoms with van der Waals surface area (Å²) in [6.45, 7) is 0. The van der Waals surface area contributed by atoms with Gasteiger partial charge in [0, 0.05) is 19.0 Å². The summed E-state index contributed by atoms with van der Waals surface area (Å²) in [5, 5.41) is 10.9. The number of carbonyl (C=O) groups is 2. The standard InChI is InChI=1S/2C15H10BrClO2/c16-10-4-5-14-12(7-10)13(18)8-15(19-14)9-2-1-3-11(17)6-9;16-11-5-7-15(19)13(9-11)14(18)6-4-10-2-1-3-12(17)8-10/h1-7,15H,8H2;1-9,19H/b;6-4+. The molecule has 1 atom stereocenters. The molecule has 5 rings (SSSR count). The Kier molecular flexibility index (Phi) is 9.44. The number of allylic oxidation sites excluding steroid dienone is 1. The molecule has 0 fully saturated rings. The number of aromatic hydroxyl groups is 1. The van der Waals surface area contributed by atoms with Gasteiger partial charge in [0.05, 0.1) is 17.5 Å². The zero-order chi connectivity index (χ0) is 27.2. The fraction of sp³-hybridized carbons (Fsp3) is 0.0667. The molecule has 192 valence electrons. The first-order valence-electron chi connectivity index (χ1n) is 11.4. The Hall–Kier alpha value is -2.90. The predicted molar refractivity (Wildman–Crippen MR) is 159 cm³/mol. The van der Waals surface area contributed by atoms with Gasteiger partial charge in [-0.3, -0.25) is 9.59 Å². The van der Waals surface area contributed by atoms with Gasteiger partial charge in [-0.05, 0) is 77.9 Å². The summed E-state index contributed by atoms with van der Waals surface area (Å²) in [4.78, 5) is 24.1. The highest BCUT2D eigenvalue weighted by Gasteiger charge is 2.27. The highest BCUT2D eigenvalue weighted by Crippen LogP contribution is 2.36. The van der Waals surface area contributed by atoms with Gasteiger partial charge < -0.3 is 9.84 Å². The van der Waals surface area contributed by atoms with Crippen LogP contribution in [-0.2, 0) is 0 Å². The van der Waals surface area contributed by atoms with E-state index in [0.717, 1.165) is 20.1 Å². The maximum atomic E-state index is 12.2. The monoisotopic (exact) mass is 672 g/mol. The summed E-state index contributed by atoms with van der Waals surface area (Å²) in [5.74, 6) is 0.416. The van der Waals surface area contributed by atoms with Gasteiger partial charge in [-0.25, -0.2) is 0 Å². The lowest BCUT2D eigenvalue weighted by molar-refractivity contribution is 0.0849. The van der Waals surface area contributed by atoms with Crippen LogP contribution in [0.25, 0.3) is 6.08 Å². The molecule has 1 N–H and O–H groups in total. The van der Waals surface area contributed by atoms with Crippen LogP contribution in [0.1, 0.15) is 44.4 Å². The van der Waals surface area contributed by atoms with Crippen LogP contribution in [0.2, 0.25) is 10.0 Å². The van der Waals surface area contributed by atoms with Gasteiger partial charge in [-0.1, -0.05) is 85.4 Å². The summed E-state index contributed by atoms with van der Waals surface area (Å²) in [6, 6.07) is 24.8. The number of halogens is 4. The number of ether oxygens (including phenoxy) is 1. The molecule has 0 radical (unpaired) electrons. The van der Waals surface area contributed by atoms with Gasteiger partial charge in [-0.15, -0.1) is 0 Å². The van der Waals surface area contributed by atoms with Crippen LogP contribution in [0.3, 0.4) is 0 Å². The first kappa shape index (κ1) is 28.1. The number of benzene rings is 4. The van der Waals surface area contributed by atoms with Crippen molar-refractivity contribution in [2.24, 2.45) is 0 Å². The largest absolute Gasteiger partial charge is 0.507 e. The summed E-state index contributed by atoms with van der Waals surface area (Å²) in [5.41, 5.74) is 2.64. The van der Waals surface area contributed by atoms with Crippen LogP contribution in [-0.4, -0.2) is 16.7 Å². The molecule has 0 aliphatic carbocycles. The van der Waals surface area contributed by atoms with E-state index in [1.165, 1.54) is 12.1 Å². The van der Waals surface area contributed by atoms with Crippen LogP contribution in [0.4, 0.5) is 0 Å². The van der Waals surface area contributed by atoms with Gasteiger partial charge in [0.1, 0.15) is 17.6 Å². The number of rotatable bonds is 4. The number of Topliss-reactive ketones (excluding diaryl/α,β-unsaturated/α-hetero) is 1. The smallest absolute Gasteiger partial charge is 0.189 e. The van der Waals surface area contributed by atoms with Gasteiger partial charge in [-0.2, -0.15) is 0 Å². The van der Waals surface area contributed by atoms with Crippen molar-refractivity contribution in [3.8, 4) is 11.5 Å². The fourth-order valence-electron chi connectivity index (χ4n) is 3.77. The normalized spacial score (nSPS) is 14.3. The highest BCUT2D eigenvalue weighted by molar-refractivity contribution is 9.10. The van der Waals surface area contributed by atoms with E-state index in [2.05, 4.69) is 31.9 Å². The second-order valence-electron chi connectivity index (χ2n) is 8.34. The lowest BCUT2D eigenvalue weighted by Gasteiger charge is -2.25. The molecule has 1 aliphatic heterocycles. The summed E-state index contributed by atoms with van der Waals surface area (Å²) in [6.07, 6.45) is 3.14. The van der Waals surface area contributed by atoms with Crippen molar-refractivity contribution in [1.82, 2.24) is 0 Å². The third-order valence-electron chi connectivity index (χ3n) is 5.60. The zero-order valence-electron chi connectivity index (χ0n) is 19.7. The lowest BCUT2D eigenvalue weighted by Crippen LogP contribution is -2.20. The number of carbonyl (C=O) groups excluding carboxylic acids is 2. The Labute approximate surface area is 247 Å². The Morgan fingerprint density at radius 1 is 0.895 bits per heavy atom. The van der Waals surface area contributed by atoms with Crippen LogP contribution in [0.15, 0.2) is 100.0 Å². The lowest BCUT2D eigenvalue weighted by atomic mass is 9.96. The molecular formula is C30H20Br2Cl2O4. The number of hydrogen-bond acceptors (Lipinski definition) is 4. The van der Waals surface area contributed by atoms with E-state index in [0.29, 0.717) is 27.8 Å². The Morgan fingerprint density at radius 2 is 1.58 bits per heavy atom. The average Bonchev–Trinajstić information content (AvgIpc) is 2.89. The molecule has 4 aromatic carbocycles. The fourth-order valence-corrected chi connectivity index (χ4v) is 4.89. The van der Waals surface area contributed by atoms with Gasteiger partial charge in [0.25, 0.3) is 0 Å². The van der Waals surface area contributed by atoms with E-state index in [1.807, 2.05) is 42.5 Å². The van der Waals surface area contributed by atoms with E-state index in [-0.39, 0.29) is 29.0 Å². The van der Waals surface area contributed by atoms with E-state index in [1.54, 1.807) is 42.5 Å². The molecule has 1 heterocycles. The molecule has 0 bridgehead atoms. The predicted octanol–water partition coefficient (Wildman–Crippen LogP) is 9.51. The first-order valence-corrected chi connectivity index (χ1v) is 13.7. The third kappa shape index (κ3) is 7.35. The van der Waals surface area contributed by atoms with Gasteiger partial charge >= 0.3 is 0 Å². The molecular weight excluding hydrogens is 655 g/mol. The third-order valence-corrected chi connectivity index (χ3v) is 7.06. The number of phenols is 1. The number of hydrogen-bond donors (Lipinski definition) is 1. The molecule has 38 heavy (non-hydrogen) atoms. The molecule has 0 aromatic heterocycles. The quantitative estimate of drug-likeness (QED) is 0.173. The Bertz CT molecular complexity index is 1530. The molecule has 0 amide bonds. The molecule has 4 nitrogen and oxygen atoms in total. The molecule has 1 aliphatic rings. The highest BCUT2D eigenvalue weighted by atomic mass is 79.9. The Balaban J connectivity index is 0.000000177. The topological polar surface area (TPSA) is 63.6 Å². The van der Waals surface area contributed by atoms with Crippen molar-refractivity contribution in [2.45, 2.75) is 12.5 Å². The van der Waals surface area contributed by atoms with Crippen molar-refractivity contribution >= 4 is 72.7 Å². The van der Waals surface area contributed by atoms with Crippen LogP contribution >= 0.6 is 55.1 Å².